The number of carboxylic acid groups (broad SMARTS) is 1. The van der Waals surface area contributed by atoms with Crippen molar-refractivity contribution >= 4 is 17.6 Å². The van der Waals surface area contributed by atoms with Crippen LogP contribution in [0.3, 0.4) is 0 Å². The summed E-state index contributed by atoms with van der Waals surface area (Å²) in [6.07, 6.45) is 0.901. The van der Waals surface area contributed by atoms with Crippen molar-refractivity contribution in [2.24, 2.45) is 0 Å². The third-order valence-electron chi connectivity index (χ3n) is 3.24. The van der Waals surface area contributed by atoms with Gasteiger partial charge in [-0.3, -0.25) is 4.79 Å². The van der Waals surface area contributed by atoms with Crippen LogP contribution >= 0.6 is 11.6 Å². The van der Waals surface area contributed by atoms with Gasteiger partial charge >= 0.3 is 5.97 Å². The van der Waals surface area contributed by atoms with Gasteiger partial charge in [-0.15, -0.1) is 0 Å². The van der Waals surface area contributed by atoms with Crippen LogP contribution in [0.5, 0.6) is 5.75 Å². The first-order chi connectivity index (χ1) is 7.90. The van der Waals surface area contributed by atoms with Crippen molar-refractivity contribution in [2.45, 2.75) is 24.7 Å². The molecule has 1 aromatic rings. The van der Waals surface area contributed by atoms with Crippen molar-refractivity contribution < 1.29 is 23.8 Å². The van der Waals surface area contributed by atoms with Crippen molar-refractivity contribution in [1.29, 1.82) is 0 Å². The molecule has 0 atom stereocenters. The van der Waals surface area contributed by atoms with Gasteiger partial charge < -0.3 is 10.2 Å². The standard InChI is InChI=1S/C11H9ClF2O3/c12-5-4-6(13)8(14)7(9(5)15)11(10(16)17)2-1-3-11/h4,15H,1-3H2,(H,16,17). The van der Waals surface area contributed by atoms with Gasteiger partial charge in [-0.2, -0.15) is 0 Å². The largest absolute Gasteiger partial charge is 0.506 e. The molecule has 0 saturated heterocycles. The molecule has 2 rings (SSSR count). The van der Waals surface area contributed by atoms with E-state index in [1.807, 2.05) is 0 Å². The van der Waals surface area contributed by atoms with Crippen LogP contribution in [0.4, 0.5) is 8.78 Å². The fourth-order valence-corrected chi connectivity index (χ4v) is 2.31. The number of hydrogen-bond donors (Lipinski definition) is 2. The van der Waals surface area contributed by atoms with Crippen LogP contribution in [-0.2, 0) is 10.2 Å². The van der Waals surface area contributed by atoms with E-state index in [0.717, 1.165) is 0 Å². The summed E-state index contributed by atoms with van der Waals surface area (Å²) in [5, 5.41) is 18.4. The Morgan fingerprint density at radius 3 is 2.41 bits per heavy atom. The van der Waals surface area contributed by atoms with E-state index in [1.54, 1.807) is 0 Å². The Morgan fingerprint density at radius 1 is 1.41 bits per heavy atom. The number of hydrogen-bond acceptors (Lipinski definition) is 2. The van der Waals surface area contributed by atoms with Crippen molar-refractivity contribution in [3.05, 3.63) is 28.3 Å². The highest BCUT2D eigenvalue weighted by molar-refractivity contribution is 6.32. The van der Waals surface area contributed by atoms with Gasteiger partial charge in [0.15, 0.2) is 11.6 Å². The first-order valence-electron chi connectivity index (χ1n) is 5.00. The molecule has 3 nitrogen and oxygen atoms in total. The average molecular weight is 263 g/mol. The average Bonchev–Trinajstić information content (AvgIpc) is 2.18. The summed E-state index contributed by atoms with van der Waals surface area (Å²) in [5.41, 5.74) is -2.10. The molecule has 17 heavy (non-hydrogen) atoms. The van der Waals surface area contributed by atoms with Crippen LogP contribution in [-0.4, -0.2) is 16.2 Å². The zero-order valence-corrected chi connectivity index (χ0v) is 9.39. The molecule has 1 saturated carbocycles. The molecule has 92 valence electrons. The summed E-state index contributed by atoms with van der Waals surface area (Å²) in [4.78, 5) is 11.2. The maximum absolute atomic E-state index is 13.7. The number of phenols is 1. The van der Waals surface area contributed by atoms with Crippen LogP contribution in [0, 0.1) is 11.6 Å². The molecule has 0 amide bonds. The third-order valence-corrected chi connectivity index (χ3v) is 3.53. The Bertz CT molecular complexity index is 472. The van der Waals surface area contributed by atoms with Gasteiger partial charge in [-0.1, -0.05) is 18.0 Å². The molecule has 1 aliphatic carbocycles. The highest BCUT2D eigenvalue weighted by Crippen LogP contribution is 2.50. The summed E-state index contributed by atoms with van der Waals surface area (Å²) in [5.74, 6) is -4.56. The Labute approximate surface area is 101 Å². The minimum atomic E-state index is -1.56. The van der Waals surface area contributed by atoms with E-state index in [4.69, 9.17) is 16.7 Å². The number of rotatable bonds is 2. The first kappa shape index (κ1) is 12.1. The summed E-state index contributed by atoms with van der Waals surface area (Å²) < 4.78 is 26.9. The van der Waals surface area contributed by atoms with Crippen molar-refractivity contribution in [3.63, 3.8) is 0 Å². The highest BCUT2D eigenvalue weighted by Gasteiger charge is 2.50. The molecule has 2 N–H and O–H groups in total. The van der Waals surface area contributed by atoms with E-state index in [2.05, 4.69) is 0 Å². The van der Waals surface area contributed by atoms with Crippen molar-refractivity contribution in [3.8, 4) is 5.75 Å². The second-order valence-corrected chi connectivity index (χ2v) is 4.53. The van der Waals surface area contributed by atoms with Gasteiger partial charge in [-0.25, -0.2) is 8.78 Å². The number of carboxylic acids is 1. The maximum atomic E-state index is 13.7. The monoisotopic (exact) mass is 262 g/mol. The molecule has 0 aromatic heterocycles. The van der Waals surface area contributed by atoms with E-state index in [1.165, 1.54) is 0 Å². The van der Waals surface area contributed by atoms with Crippen molar-refractivity contribution in [2.75, 3.05) is 0 Å². The molecule has 0 heterocycles. The predicted molar refractivity (Wildman–Crippen MR) is 56.2 cm³/mol. The highest BCUT2D eigenvalue weighted by atomic mass is 35.5. The van der Waals surface area contributed by atoms with E-state index < -0.39 is 34.3 Å². The fourth-order valence-electron chi connectivity index (χ4n) is 2.12. The van der Waals surface area contributed by atoms with E-state index in [0.29, 0.717) is 12.5 Å². The minimum absolute atomic E-state index is 0.159. The van der Waals surface area contributed by atoms with E-state index in [-0.39, 0.29) is 17.9 Å². The lowest BCUT2D eigenvalue weighted by Gasteiger charge is -2.38. The van der Waals surface area contributed by atoms with Crippen molar-refractivity contribution in [1.82, 2.24) is 0 Å². The Hall–Kier alpha value is -1.36. The quantitative estimate of drug-likeness (QED) is 0.806. The number of halogens is 3. The van der Waals surface area contributed by atoms with Gasteiger partial charge in [0.25, 0.3) is 0 Å². The lowest BCUT2D eigenvalue weighted by molar-refractivity contribution is -0.147. The Balaban J connectivity index is 2.70. The molecular weight excluding hydrogens is 254 g/mol. The molecule has 1 fully saturated rings. The molecular formula is C11H9ClF2O3. The summed E-state index contributed by atoms with van der Waals surface area (Å²) in [6, 6.07) is 0.629. The number of aliphatic carboxylic acids is 1. The number of phenolic OH excluding ortho intramolecular Hbond substituents is 1. The molecule has 6 heteroatoms. The smallest absolute Gasteiger partial charge is 0.314 e. The van der Waals surface area contributed by atoms with Gasteiger partial charge in [0.1, 0.15) is 5.75 Å². The summed E-state index contributed by atoms with van der Waals surface area (Å²) >= 11 is 5.53. The lowest BCUT2D eigenvalue weighted by atomic mass is 9.64. The van der Waals surface area contributed by atoms with Gasteiger partial charge in [-0.05, 0) is 18.9 Å². The van der Waals surface area contributed by atoms with Gasteiger partial charge in [0.05, 0.1) is 16.0 Å². The normalized spacial score (nSPS) is 17.6. The fraction of sp³-hybridized carbons (Fsp3) is 0.364. The SMILES string of the molecule is O=C(O)C1(c2c(O)c(Cl)cc(F)c2F)CCC1. The number of benzene rings is 1. The molecule has 0 spiro atoms. The molecule has 0 unspecified atom stereocenters. The van der Waals surface area contributed by atoms with Crippen LogP contribution < -0.4 is 0 Å². The zero-order valence-electron chi connectivity index (χ0n) is 8.64. The van der Waals surface area contributed by atoms with Crippen LogP contribution in [0.25, 0.3) is 0 Å². The Kier molecular flexibility index (Phi) is 2.73. The number of aromatic hydroxyl groups is 1. The summed E-state index contributed by atoms with van der Waals surface area (Å²) in [6.45, 7) is 0. The molecule has 0 bridgehead atoms. The third kappa shape index (κ3) is 1.57. The van der Waals surface area contributed by atoms with Gasteiger partial charge in [0, 0.05) is 0 Å². The second kappa shape index (κ2) is 3.84. The molecule has 0 aliphatic heterocycles. The lowest BCUT2D eigenvalue weighted by Crippen LogP contribution is -2.43. The van der Waals surface area contributed by atoms with Crippen LogP contribution in [0.1, 0.15) is 24.8 Å². The maximum Gasteiger partial charge on any atom is 0.314 e. The second-order valence-electron chi connectivity index (χ2n) is 4.12. The van der Waals surface area contributed by atoms with Crippen LogP contribution in [0.15, 0.2) is 6.07 Å². The molecule has 1 aromatic carbocycles. The molecule has 0 radical (unpaired) electrons. The zero-order chi connectivity index (χ0) is 12.8. The topological polar surface area (TPSA) is 57.5 Å². The predicted octanol–water partition coefficient (Wildman–Crippen LogP) is 2.83. The first-order valence-corrected chi connectivity index (χ1v) is 5.38. The minimum Gasteiger partial charge on any atom is -0.506 e. The number of carbonyl (C=O) groups is 1. The summed E-state index contributed by atoms with van der Waals surface area (Å²) in [7, 11) is 0. The molecule has 1 aliphatic rings. The van der Waals surface area contributed by atoms with E-state index in [9.17, 15) is 18.7 Å². The van der Waals surface area contributed by atoms with Gasteiger partial charge in [0.2, 0.25) is 0 Å². The van der Waals surface area contributed by atoms with Crippen LogP contribution in [0.2, 0.25) is 5.02 Å². The van der Waals surface area contributed by atoms with E-state index >= 15 is 0 Å². The Morgan fingerprint density at radius 2 is 2.00 bits per heavy atom.